The van der Waals surface area contributed by atoms with Gasteiger partial charge in [0, 0.05) is 6.04 Å². The van der Waals surface area contributed by atoms with Gasteiger partial charge in [-0.2, -0.15) is 0 Å². The van der Waals surface area contributed by atoms with Crippen LogP contribution >= 0.6 is 17.0 Å². The highest BCUT2D eigenvalue weighted by molar-refractivity contribution is 8.23. The summed E-state index contributed by atoms with van der Waals surface area (Å²) in [6, 6.07) is 10.3. The Labute approximate surface area is 100 Å². The van der Waals surface area contributed by atoms with Gasteiger partial charge in [-0.3, -0.25) is 0 Å². The molecule has 5 heteroatoms. The fraction of sp³-hybridized carbons (Fsp3) is 0.400. The molecule has 0 N–H and O–H groups in total. The van der Waals surface area contributed by atoms with Gasteiger partial charge in [-0.05, 0) is 42.6 Å². The Morgan fingerprint density at radius 3 is 2.47 bits per heavy atom. The standard InChI is InChI=1S/C10H13ClNOPS/c1-8-10(9-6-4-3-5-7-9)13-14(11,15)12(8)2/h3-8,10H,1-2H3/t8-,10-,14?/m0/s1. The van der Waals surface area contributed by atoms with Crippen molar-refractivity contribution in [2.45, 2.75) is 19.1 Å². The predicted octanol–water partition coefficient (Wildman–Crippen LogP) is 3.54. The molecule has 0 radical (unpaired) electrons. The molecule has 1 aromatic carbocycles. The van der Waals surface area contributed by atoms with Gasteiger partial charge in [-0.25, -0.2) is 4.67 Å². The smallest absolute Gasteiger partial charge is 0.222 e. The summed E-state index contributed by atoms with van der Waals surface area (Å²) in [6.45, 7) is 2.09. The van der Waals surface area contributed by atoms with E-state index in [0.29, 0.717) is 0 Å². The third-order valence-electron chi connectivity index (χ3n) is 2.78. The molecule has 1 fully saturated rings. The van der Waals surface area contributed by atoms with Crippen molar-refractivity contribution in [2.75, 3.05) is 7.05 Å². The topological polar surface area (TPSA) is 12.5 Å². The van der Waals surface area contributed by atoms with Crippen LogP contribution in [0.25, 0.3) is 0 Å². The second kappa shape index (κ2) is 4.15. The molecule has 2 nitrogen and oxygen atoms in total. The Kier molecular flexibility index (Phi) is 3.20. The van der Waals surface area contributed by atoms with Crippen molar-refractivity contribution in [3.63, 3.8) is 0 Å². The molecule has 2 rings (SSSR count). The highest BCUT2D eigenvalue weighted by Gasteiger charge is 2.41. The van der Waals surface area contributed by atoms with E-state index in [1.807, 2.05) is 42.0 Å². The number of nitrogens with zero attached hydrogens (tertiary/aromatic N) is 1. The molecule has 0 aliphatic carbocycles. The summed E-state index contributed by atoms with van der Waals surface area (Å²) in [5, 5.41) is 0. The van der Waals surface area contributed by atoms with Gasteiger partial charge in [0.05, 0.1) is 0 Å². The Hall–Kier alpha value is 0.0800. The minimum atomic E-state index is -2.27. The molecule has 1 unspecified atom stereocenters. The Balaban J connectivity index is 2.31. The fourth-order valence-electron chi connectivity index (χ4n) is 1.70. The van der Waals surface area contributed by atoms with Crippen molar-refractivity contribution >= 4 is 28.8 Å². The zero-order valence-electron chi connectivity index (χ0n) is 8.63. The molecule has 0 aromatic heterocycles. The zero-order chi connectivity index (χ0) is 11.1. The summed E-state index contributed by atoms with van der Waals surface area (Å²) >= 11 is 11.5. The van der Waals surface area contributed by atoms with Crippen LogP contribution in [0.15, 0.2) is 30.3 Å². The van der Waals surface area contributed by atoms with Crippen LogP contribution in [0.4, 0.5) is 0 Å². The average Bonchev–Trinajstić information content (AvgIpc) is 2.44. The molecule has 0 bridgehead atoms. The van der Waals surface area contributed by atoms with E-state index in [4.69, 9.17) is 27.6 Å². The monoisotopic (exact) mass is 261 g/mol. The summed E-state index contributed by atoms with van der Waals surface area (Å²) in [6.07, 6.45) is -0.000432. The number of likely N-dealkylation sites (N-methyl/N-ethyl adjacent to an activating group) is 1. The minimum Gasteiger partial charge on any atom is -0.317 e. The predicted molar refractivity (Wildman–Crippen MR) is 67.6 cm³/mol. The van der Waals surface area contributed by atoms with Crippen molar-refractivity contribution in [3.05, 3.63) is 35.9 Å². The summed E-state index contributed by atoms with van der Waals surface area (Å²) in [5.41, 5.74) is 1.14. The first-order chi connectivity index (χ1) is 7.02. The summed E-state index contributed by atoms with van der Waals surface area (Å²) in [5.74, 6) is -2.27. The maximum absolute atomic E-state index is 6.19. The highest BCUT2D eigenvalue weighted by Crippen LogP contribution is 2.65. The van der Waals surface area contributed by atoms with Gasteiger partial charge >= 0.3 is 0 Å². The summed E-state index contributed by atoms with van der Waals surface area (Å²) in [7, 11) is 1.93. The van der Waals surface area contributed by atoms with Crippen molar-refractivity contribution in [3.8, 4) is 0 Å². The van der Waals surface area contributed by atoms with Crippen molar-refractivity contribution in [1.29, 1.82) is 0 Å². The summed E-state index contributed by atoms with van der Waals surface area (Å²) in [4.78, 5) is 0. The maximum atomic E-state index is 6.19. The largest absolute Gasteiger partial charge is 0.317 e. The third-order valence-corrected chi connectivity index (χ3v) is 6.37. The van der Waals surface area contributed by atoms with Gasteiger partial charge in [-0.1, -0.05) is 30.3 Å². The van der Waals surface area contributed by atoms with Gasteiger partial charge in [0.2, 0.25) is 5.77 Å². The number of benzene rings is 1. The van der Waals surface area contributed by atoms with Crippen LogP contribution in [0.5, 0.6) is 0 Å². The molecule has 1 heterocycles. The molecule has 0 saturated carbocycles. The lowest BCUT2D eigenvalue weighted by molar-refractivity contribution is 0.218. The Morgan fingerprint density at radius 2 is 2.00 bits per heavy atom. The second-order valence-electron chi connectivity index (χ2n) is 3.70. The van der Waals surface area contributed by atoms with Crippen LogP contribution in [-0.2, 0) is 16.3 Å². The molecular weight excluding hydrogens is 249 g/mol. The maximum Gasteiger partial charge on any atom is 0.222 e. The lowest BCUT2D eigenvalue weighted by Gasteiger charge is -2.18. The fourth-order valence-corrected chi connectivity index (χ4v) is 4.38. The van der Waals surface area contributed by atoms with Crippen LogP contribution in [0.1, 0.15) is 18.6 Å². The second-order valence-corrected chi connectivity index (χ2v) is 8.91. The number of halogens is 1. The van der Waals surface area contributed by atoms with Crippen molar-refractivity contribution in [1.82, 2.24) is 4.67 Å². The van der Waals surface area contributed by atoms with E-state index in [9.17, 15) is 0 Å². The Bertz CT molecular complexity index is 400. The first kappa shape index (κ1) is 11.6. The lowest BCUT2D eigenvalue weighted by Crippen LogP contribution is -2.22. The highest BCUT2D eigenvalue weighted by atomic mass is 35.7. The van der Waals surface area contributed by atoms with E-state index in [2.05, 4.69) is 6.92 Å². The van der Waals surface area contributed by atoms with Crippen LogP contribution < -0.4 is 0 Å². The molecule has 1 aromatic rings. The first-order valence-electron chi connectivity index (χ1n) is 4.79. The Morgan fingerprint density at radius 1 is 1.40 bits per heavy atom. The molecular formula is C10H13ClNOPS. The van der Waals surface area contributed by atoms with E-state index in [0.717, 1.165) is 5.56 Å². The van der Waals surface area contributed by atoms with Gasteiger partial charge in [0.25, 0.3) is 0 Å². The van der Waals surface area contributed by atoms with E-state index >= 15 is 0 Å². The van der Waals surface area contributed by atoms with E-state index in [1.165, 1.54) is 0 Å². The number of rotatable bonds is 1. The van der Waals surface area contributed by atoms with E-state index < -0.39 is 5.77 Å². The SMILES string of the molecule is C[C@H]1[C@@H](c2ccccc2)OP(=S)(Cl)N1C. The van der Waals surface area contributed by atoms with Crippen LogP contribution in [0, 0.1) is 0 Å². The molecule has 1 aliphatic rings. The van der Waals surface area contributed by atoms with Crippen molar-refractivity contribution in [2.24, 2.45) is 0 Å². The van der Waals surface area contributed by atoms with E-state index in [1.54, 1.807) is 0 Å². The van der Waals surface area contributed by atoms with E-state index in [-0.39, 0.29) is 12.1 Å². The van der Waals surface area contributed by atoms with Gasteiger partial charge in [0.15, 0.2) is 0 Å². The molecule has 0 amide bonds. The molecule has 1 saturated heterocycles. The van der Waals surface area contributed by atoms with Crippen LogP contribution in [0.2, 0.25) is 0 Å². The zero-order valence-corrected chi connectivity index (χ0v) is 11.1. The average molecular weight is 262 g/mol. The molecule has 0 spiro atoms. The molecule has 1 aliphatic heterocycles. The summed E-state index contributed by atoms with van der Waals surface area (Å²) < 4.78 is 7.75. The van der Waals surface area contributed by atoms with Crippen LogP contribution in [0.3, 0.4) is 0 Å². The molecule has 15 heavy (non-hydrogen) atoms. The van der Waals surface area contributed by atoms with Gasteiger partial charge < -0.3 is 4.52 Å². The van der Waals surface area contributed by atoms with Gasteiger partial charge in [0.1, 0.15) is 6.10 Å². The quantitative estimate of drug-likeness (QED) is 0.718. The minimum absolute atomic E-state index is 0.000432. The van der Waals surface area contributed by atoms with Crippen LogP contribution in [-0.4, -0.2) is 17.8 Å². The third kappa shape index (κ3) is 2.13. The van der Waals surface area contributed by atoms with Crippen molar-refractivity contribution < 1.29 is 4.52 Å². The molecule has 82 valence electrons. The molecule has 3 atom stereocenters. The lowest BCUT2D eigenvalue weighted by atomic mass is 10.0. The normalized spacial score (nSPS) is 37.0. The van der Waals surface area contributed by atoms with Gasteiger partial charge in [-0.15, -0.1) is 0 Å². The number of hydrogen-bond acceptors (Lipinski definition) is 2. The number of hydrogen-bond donors (Lipinski definition) is 0. The first-order valence-corrected chi connectivity index (χ1v) is 8.36.